The summed E-state index contributed by atoms with van der Waals surface area (Å²) in [6.07, 6.45) is 12.4. The second-order valence-electron chi connectivity index (χ2n) is 22.6. The van der Waals surface area contributed by atoms with E-state index in [-0.39, 0.29) is 81.8 Å². The van der Waals surface area contributed by atoms with Crippen molar-refractivity contribution < 1.29 is 39.0 Å². The maximum atomic E-state index is 14.2. The molecule has 4 aromatic carbocycles. The van der Waals surface area contributed by atoms with E-state index >= 15 is 0 Å². The van der Waals surface area contributed by atoms with Crippen molar-refractivity contribution in [1.82, 2.24) is 9.80 Å². The number of carbonyl (C=O) groups is 6. The van der Waals surface area contributed by atoms with Crippen LogP contribution in [0.4, 0.5) is 22.7 Å². The Morgan fingerprint density at radius 1 is 0.512 bits per heavy atom. The fraction of sp³-hybridized carbons (Fsp3) is 0.314. The number of likely N-dealkylation sites (N-methyl/N-ethyl adjacent to an activating group) is 4. The molecule has 0 radical (unpaired) electrons. The summed E-state index contributed by atoms with van der Waals surface area (Å²) in [5, 5.41) is 28.8. The molecule has 86 heavy (non-hydrogen) atoms. The third kappa shape index (κ3) is 11.3. The van der Waals surface area contributed by atoms with E-state index in [0.717, 1.165) is 134 Å². The zero-order valence-electron chi connectivity index (χ0n) is 49.7. The summed E-state index contributed by atoms with van der Waals surface area (Å²) in [6.45, 7) is 17.8. The average Bonchev–Trinajstić information content (AvgIpc) is 1.21. The van der Waals surface area contributed by atoms with Gasteiger partial charge < -0.3 is 40.4 Å². The van der Waals surface area contributed by atoms with Crippen molar-refractivity contribution in [2.24, 2.45) is 9.98 Å². The molecule has 0 saturated carbocycles. The molecule has 4 aliphatic heterocycles. The summed E-state index contributed by atoms with van der Waals surface area (Å²) in [6, 6.07) is 27.3. The molecule has 12 rings (SSSR count). The van der Waals surface area contributed by atoms with Crippen molar-refractivity contribution in [2.75, 3.05) is 72.8 Å². The number of aliphatic imine (C=N–C) groups is 2. The summed E-state index contributed by atoms with van der Waals surface area (Å²) in [7, 11) is 0. The maximum absolute atomic E-state index is 14.2. The van der Waals surface area contributed by atoms with E-state index in [9.17, 15) is 39.0 Å². The first-order valence-corrected chi connectivity index (χ1v) is 30.1. The van der Waals surface area contributed by atoms with Crippen LogP contribution in [0.1, 0.15) is 101 Å². The van der Waals surface area contributed by atoms with Gasteiger partial charge in [-0.15, -0.1) is 0 Å². The first-order valence-electron chi connectivity index (χ1n) is 30.1. The van der Waals surface area contributed by atoms with Crippen LogP contribution in [0.5, 0.6) is 0 Å². The smallest absolute Gasteiger partial charge is 0.246 e. The molecule has 0 unspecified atom stereocenters. The molecule has 0 atom stereocenters. The van der Waals surface area contributed by atoms with Crippen molar-refractivity contribution >= 4 is 80.5 Å². The molecule has 16 heteroatoms. The number of aliphatic hydroxyl groups excluding tert-OH is 2. The van der Waals surface area contributed by atoms with Gasteiger partial charge in [0.1, 0.15) is 11.5 Å². The number of hydrogen-bond acceptors (Lipinski definition) is 12. The van der Waals surface area contributed by atoms with Gasteiger partial charge >= 0.3 is 0 Å². The molecule has 8 aliphatic rings. The van der Waals surface area contributed by atoms with Crippen LogP contribution in [0.15, 0.2) is 176 Å². The van der Waals surface area contributed by atoms with Crippen molar-refractivity contribution in [2.45, 2.75) is 92.9 Å². The van der Waals surface area contributed by atoms with Crippen LogP contribution >= 0.6 is 0 Å². The summed E-state index contributed by atoms with van der Waals surface area (Å²) in [4.78, 5) is 95.7. The van der Waals surface area contributed by atoms with Gasteiger partial charge in [-0.2, -0.15) is 0 Å². The highest BCUT2D eigenvalue weighted by atomic mass is 16.3. The molecule has 0 bridgehead atoms. The highest BCUT2D eigenvalue weighted by Gasteiger charge is 2.43. The highest BCUT2D eigenvalue weighted by Crippen LogP contribution is 2.48. The van der Waals surface area contributed by atoms with Crippen molar-refractivity contribution in [3.8, 4) is 0 Å². The van der Waals surface area contributed by atoms with Crippen LogP contribution in [0, 0.1) is 0 Å². The molecule has 4 aliphatic carbocycles. The predicted octanol–water partition coefficient (Wildman–Crippen LogP) is 10.7. The fourth-order valence-corrected chi connectivity index (χ4v) is 12.9. The number of fused-ring (bicyclic) bond motifs is 4. The minimum Gasteiger partial charge on any atom is -0.506 e. The van der Waals surface area contributed by atoms with Crippen LogP contribution in [0.3, 0.4) is 0 Å². The van der Waals surface area contributed by atoms with E-state index in [0.29, 0.717) is 57.9 Å². The van der Waals surface area contributed by atoms with Gasteiger partial charge in [0.05, 0.1) is 45.1 Å². The van der Waals surface area contributed by atoms with Crippen molar-refractivity contribution in [1.29, 1.82) is 0 Å². The van der Waals surface area contributed by atoms with Crippen LogP contribution in [0.2, 0.25) is 0 Å². The van der Waals surface area contributed by atoms with Crippen LogP contribution in [-0.2, 0) is 54.5 Å². The minimum absolute atomic E-state index is 0.137. The van der Waals surface area contributed by atoms with Gasteiger partial charge in [-0.1, -0.05) is 60.7 Å². The molecule has 0 spiro atoms. The Balaban J connectivity index is 0.000000188. The van der Waals surface area contributed by atoms with Crippen molar-refractivity contribution in [3.05, 3.63) is 199 Å². The summed E-state index contributed by atoms with van der Waals surface area (Å²) >= 11 is 0. The number of aryl methyl sites for hydroxylation is 2. The summed E-state index contributed by atoms with van der Waals surface area (Å²) in [5.41, 5.74) is 14.8. The second kappa shape index (κ2) is 24.6. The number of nitrogens with one attached hydrogen (secondary N) is 2. The van der Waals surface area contributed by atoms with Gasteiger partial charge in [-0.25, -0.2) is 9.98 Å². The number of nitrogens with zero attached hydrogens (tertiary/aromatic N) is 6. The molecule has 4 aromatic rings. The standard InChI is InChI=1S/C42H42N4O4.C28H30N4O4/c1-3-45-21-19-29-23-31(33(25-35(29)45)43-37(47)17-15-27-11-7-5-8-12-27)39-41(49)40(42(39)50)32-24-30-20-22-46(4-2)36(30)26-34(32)44-38(48)18-16-28-13-9-6-10-14-28;1-5-31-9-7-17-11-19(21(13-23(17)31)29-15(3)33)25-27(35)26(28(25)36)20-12-18-8-10-32(6-2)24(18)14-22(20)30-16(4)34/h5-14,23-26,49H,3-4,15-22H2,1-2H3,(H,43,47);11-14,35H,5-10H2,1-4H3,(H,29,33)/b40-32+,44-34?;26-20+,30-22?. The number of ketones is 2. The van der Waals surface area contributed by atoms with Gasteiger partial charge in [0, 0.05) is 124 Å². The Morgan fingerprint density at radius 2 is 0.942 bits per heavy atom. The van der Waals surface area contributed by atoms with Gasteiger partial charge in [0.15, 0.2) is 0 Å². The number of rotatable bonds is 14. The van der Waals surface area contributed by atoms with Gasteiger partial charge in [0.2, 0.25) is 35.2 Å². The number of aliphatic hydroxyl groups is 2. The SMILES string of the molecule is CCN1CCC2=C/C(=C3\C(=O)C(c4cc5c(cc4NC(=O)CCc4ccccc4)N(CC)CC5)=C3O)C(=NC(=O)CCc3ccccc3)C=C21.CCN1CCC2=C/C(=C3\C(=O)C(c4cc5c(cc4NC(C)=O)N(CC)CC5)=C3O)C(=NC(C)=O)C=C21. The first kappa shape index (κ1) is 58.3. The molecule has 0 aromatic heterocycles. The zero-order chi connectivity index (χ0) is 60.5. The topological polar surface area (TPSA) is 205 Å². The lowest BCUT2D eigenvalue weighted by molar-refractivity contribution is -0.118. The van der Waals surface area contributed by atoms with E-state index in [1.807, 2.05) is 109 Å². The quantitative estimate of drug-likeness (QED) is 0.0871. The molecule has 2 saturated heterocycles. The zero-order valence-corrected chi connectivity index (χ0v) is 49.7. The molecular weight excluding hydrogens is 1080 g/mol. The monoisotopic (exact) mass is 1150 g/mol. The Labute approximate surface area is 501 Å². The van der Waals surface area contributed by atoms with E-state index in [1.165, 1.54) is 13.8 Å². The normalized spacial score (nSPS) is 20.2. The number of benzene rings is 4. The molecule has 4 heterocycles. The number of anilines is 4. The van der Waals surface area contributed by atoms with E-state index in [2.05, 4.69) is 67.9 Å². The van der Waals surface area contributed by atoms with E-state index < -0.39 is 0 Å². The largest absolute Gasteiger partial charge is 0.506 e. The van der Waals surface area contributed by atoms with Crippen LogP contribution in [0.25, 0.3) is 11.1 Å². The molecule has 440 valence electrons. The minimum atomic E-state index is -0.375. The van der Waals surface area contributed by atoms with Crippen LogP contribution in [-0.4, -0.2) is 119 Å². The third-order valence-corrected chi connectivity index (χ3v) is 17.3. The molecular formula is C70H72N8O8. The summed E-state index contributed by atoms with van der Waals surface area (Å²) in [5.74, 6) is -2.01. The van der Waals surface area contributed by atoms with E-state index in [4.69, 9.17) is 0 Å². The van der Waals surface area contributed by atoms with E-state index in [1.54, 1.807) is 0 Å². The number of Topliss-reactive ketones (excluding diaryl/α,β-unsaturated/α-hetero) is 2. The van der Waals surface area contributed by atoms with Crippen LogP contribution < -0.4 is 20.4 Å². The highest BCUT2D eigenvalue weighted by molar-refractivity contribution is 6.43. The molecule has 16 nitrogen and oxygen atoms in total. The molecule has 4 N–H and O–H groups in total. The molecule has 2 fully saturated rings. The lowest BCUT2D eigenvalue weighted by Crippen LogP contribution is -2.27. The first-order chi connectivity index (χ1) is 41.6. The number of likely N-dealkylation sites (tertiary alicyclic amines) is 2. The summed E-state index contributed by atoms with van der Waals surface area (Å²) < 4.78 is 0. The fourth-order valence-electron chi connectivity index (χ4n) is 12.9. The average molecular weight is 1150 g/mol. The number of allylic oxidation sites excluding steroid dienone is 12. The van der Waals surface area contributed by atoms with Crippen molar-refractivity contribution in [3.63, 3.8) is 0 Å². The van der Waals surface area contributed by atoms with Gasteiger partial charge in [-0.05, 0) is 148 Å². The molecule has 4 amide bonds. The number of hydrogen-bond donors (Lipinski definition) is 4. The number of amides is 4. The maximum Gasteiger partial charge on any atom is 0.246 e. The lowest BCUT2D eigenvalue weighted by atomic mass is 9.77. The third-order valence-electron chi connectivity index (χ3n) is 17.3. The predicted molar refractivity (Wildman–Crippen MR) is 338 cm³/mol. The van der Waals surface area contributed by atoms with Gasteiger partial charge in [0.25, 0.3) is 0 Å². The Hall–Kier alpha value is -9.44. The number of carbonyl (C=O) groups excluding carboxylic acids is 6. The van der Waals surface area contributed by atoms with Gasteiger partial charge in [-0.3, -0.25) is 28.8 Å². The lowest BCUT2D eigenvalue weighted by Gasteiger charge is -2.28. The Bertz CT molecular complexity index is 3890. The Morgan fingerprint density at radius 3 is 1.37 bits per heavy atom. The second-order valence-corrected chi connectivity index (χ2v) is 22.6. The Kier molecular flexibility index (Phi) is 16.7.